The van der Waals surface area contributed by atoms with Crippen molar-refractivity contribution in [3.8, 4) is 0 Å². The third-order valence-electron chi connectivity index (χ3n) is 2.56. The number of anilines is 1. The molecule has 0 amide bonds. The van der Waals surface area contributed by atoms with Gasteiger partial charge in [0.05, 0.1) is 0 Å². The van der Waals surface area contributed by atoms with Gasteiger partial charge in [0.2, 0.25) is 0 Å². The van der Waals surface area contributed by atoms with Crippen LogP contribution in [0.4, 0.5) is 5.82 Å². The van der Waals surface area contributed by atoms with E-state index < -0.39 is 0 Å². The molecule has 1 saturated heterocycles. The predicted molar refractivity (Wildman–Crippen MR) is 65.7 cm³/mol. The average molecular weight is 228 g/mol. The van der Waals surface area contributed by atoms with Crippen LogP contribution >= 0.6 is 12.4 Å². The average Bonchev–Trinajstić information content (AvgIpc) is 2.19. The summed E-state index contributed by atoms with van der Waals surface area (Å²) in [6.45, 7) is 4.29. The zero-order chi connectivity index (χ0) is 9.80. The van der Waals surface area contributed by atoms with E-state index in [0.717, 1.165) is 18.9 Å². The molecule has 2 N–H and O–H groups in total. The molecule has 3 nitrogen and oxygen atoms in total. The van der Waals surface area contributed by atoms with E-state index in [-0.39, 0.29) is 12.4 Å². The monoisotopic (exact) mass is 227 g/mol. The zero-order valence-electron chi connectivity index (χ0n) is 8.99. The Morgan fingerprint density at radius 3 is 3.07 bits per heavy atom. The number of aryl methyl sites for hydroxylation is 1. The van der Waals surface area contributed by atoms with Gasteiger partial charge >= 0.3 is 0 Å². The van der Waals surface area contributed by atoms with Crippen molar-refractivity contribution in [3.63, 3.8) is 0 Å². The molecule has 1 aromatic heterocycles. The first-order chi connectivity index (χ1) is 6.84. The van der Waals surface area contributed by atoms with Crippen molar-refractivity contribution in [3.05, 3.63) is 23.9 Å². The first-order valence-electron chi connectivity index (χ1n) is 5.24. The summed E-state index contributed by atoms with van der Waals surface area (Å²) in [5.74, 6) is 0.999. The molecular weight excluding hydrogens is 210 g/mol. The van der Waals surface area contributed by atoms with E-state index in [1.807, 2.05) is 12.3 Å². The third-order valence-corrected chi connectivity index (χ3v) is 2.56. The number of rotatable bonds is 2. The fourth-order valence-electron chi connectivity index (χ4n) is 1.80. The van der Waals surface area contributed by atoms with Gasteiger partial charge in [-0.3, -0.25) is 0 Å². The smallest absolute Gasteiger partial charge is 0.126 e. The van der Waals surface area contributed by atoms with E-state index in [2.05, 4.69) is 28.6 Å². The van der Waals surface area contributed by atoms with Gasteiger partial charge in [0.15, 0.2) is 0 Å². The summed E-state index contributed by atoms with van der Waals surface area (Å²) in [6.07, 6.45) is 4.35. The Kier molecular flexibility index (Phi) is 4.85. The summed E-state index contributed by atoms with van der Waals surface area (Å²) in [4.78, 5) is 4.29. The normalized spacial score (nSPS) is 20.5. The van der Waals surface area contributed by atoms with Crippen LogP contribution in [0, 0.1) is 6.92 Å². The number of halogens is 1. The van der Waals surface area contributed by atoms with E-state index in [0.29, 0.717) is 6.04 Å². The number of hydrogen-bond donors (Lipinski definition) is 2. The molecule has 1 aliphatic rings. The molecule has 0 saturated carbocycles. The van der Waals surface area contributed by atoms with E-state index in [1.54, 1.807) is 0 Å². The largest absolute Gasteiger partial charge is 0.366 e. The first kappa shape index (κ1) is 12.3. The van der Waals surface area contributed by atoms with Crippen LogP contribution in [0.5, 0.6) is 0 Å². The van der Waals surface area contributed by atoms with Crippen molar-refractivity contribution >= 4 is 18.2 Å². The molecular formula is C11H18ClN3. The standard InChI is InChI=1S/C11H17N3.ClH/c1-9-4-6-13-11(7-9)14-10-3-2-5-12-8-10;/h4,6-7,10,12H,2-3,5,8H2,1H3,(H,13,14);1H/t10-;/m0./s1. The SMILES string of the molecule is Cc1ccnc(N[C@H]2CCCNC2)c1.Cl. The molecule has 1 aliphatic heterocycles. The summed E-state index contributed by atoms with van der Waals surface area (Å²) in [6, 6.07) is 4.65. The second-order valence-corrected chi connectivity index (χ2v) is 3.91. The molecule has 1 fully saturated rings. The van der Waals surface area contributed by atoms with Crippen LogP contribution in [0.1, 0.15) is 18.4 Å². The molecule has 4 heteroatoms. The van der Waals surface area contributed by atoms with Crippen LogP contribution in [0.15, 0.2) is 18.3 Å². The minimum Gasteiger partial charge on any atom is -0.366 e. The van der Waals surface area contributed by atoms with Gasteiger partial charge in [0.25, 0.3) is 0 Å². The molecule has 1 aromatic rings. The summed E-state index contributed by atoms with van der Waals surface area (Å²) >= 11 is 0. The lowest BCUT2D eigenvalue weighted by molar-refractivity contribution is 0.479. The van der Waals surface area contributed by atoms with Crippen molar-refractivity contribution in [2.75, 3.05) is 18.4 Å². The fraction of sp³-hybridized carbons (Fsp3) is 0.545. The van der Waals surface area contributed by atoms with Gasteiger partial charge in [-0.15, -0.1) is 12.4 Å². The van der Waals surface area contributed by atoms with Crippen LogP contribution in [0.25, 0.3) is 0 Å². The number of piperidine rings is 1. The molecule has 2 rings (SSSR count). The Bertz CT molecular complexity index is 298. The molecule has 0 bridgehead atoms. The minimum atomic E-state index is 0. The quantitative estimate of drug-likeness (QED) is 0.811. The predicted octanol–water partition coefficient (Wildman–Crippen LogP) is 1.98. The van der Waals surface area contributed by atoms with Crippen LogP contribution in [-0.2, 0) is 0 Å². The van der Waals surface area contributed by atoms with Gasteiger partial charge in [-0.1, -0.05) is 0 Å². The van der Waals surface area contributed by atoms with Crippen molar-refractivity contribution in [1.82, 2.24) is 10.3 Å². The van der Waals surface area contributed by atoms with Crippen LogP contribution < -0.4 is 10.6 Å². The second kappa shape index (κ2) is 5.93. The highest BCUT2D eigenvalue weighted by Gasteiger charge is 2.12. The molecule has 1 atom stereocenters. The van der Waals surface area contributed by atoms with Gasteiger partial charge in [-0.05, 0) is 44.0 Å². The lowest BCUT2D eigenvalue weighted by Gasteiger charge is -2.24. The van der Waals surface area contributed by atoms with Gasteiger partial charge < -0.3 is 10.6 Å². The maximum atomic E-state index is 4.29. The zero-order valence-corrected chi connectivity index (χ0v) is 9.81. The lowest BCUT2D eigenvalue weighted by atomic mass is 10.1. The summed E-state index contributed by atoms with van der Waals surface area (Å²) < 4.78 is 0. The Balaban J connectivity index is 0.00000112. The van der Waals surface area contributed by atoms with E-state index in [9.17, 15) is 0 Å². The molecule has 0 spiro atoms. The molecule has 2 heterocycles. The minimum absolute atomic E-state index is 0. The second-order valence-electron chi connectivity index (χ2n) is 3.91. The Morgan fingerprint density at radius 1 is 1.53 bits per heavy atom. The van der Waals surface area contributed by atoms with Crippen LogP contribution in [0.3, 0.4) is 0 Å². The van der Waals surface area contributed by atoms with Crippen LogP contribution in [-0.4, -0.2) is 24.1 Å². The van der Waals surface area contributed by atoms with Crippen LogP contribution in [0.2, 0.25) is 0 Å². The Hall–Kier alpha value is -0.800. The summed E-state index contributed by atoms with van der Waals surface area (Å²) in [5, 5.41) is 6.83. The fourth-order valence-corrected chi connectivity index (χ4v) is 1.80. The van der Waals surface area contributed by atoms with E-state index >= 15 is 0 Å². The van der Waals surface area contributed by atoms with Crippen molar-refractivity contribution in [1.29, 1.82) is 0 Å². The maximum absolute atomic E-state index is 4.29. The van der Waals surface area contributed by atoms with Crippen molar-refractivity contribution in [2.24, 2.45) is 0 Å². The van der Waals surface area contributed by atoms with Gasteiger partial charge in [0, 0.05) is 18.8 Å². The molecule has 0 radical (unpaired) electrons. The van der Waals surface area contributed by atoms with E-state index in [4.69, 9.17) is 0 Å². The number of aromatic nitrogens is 1. The maximum Gasteiger partial charge on any atom is 0.126 e. The first-order valence-corrected chi connectivity index (χ1v) is 5.24. The van der Waals surface area contributed by atoms with E-state index in [1.165, 1.54) is 18.4 Å². The Morgan fingerprint density at radius 2 is 2.40 bits per heavy atom. The molecule has 15 heavy (non-hydrogen) atoms. The topological polar surface area (TPSA) is 37.0 Å². The third kappa shape index (κ3) is 3.68. The number of nitrogens with zero attached hydrogens (tertiary/aromatic N) is 1. The lowest BCUT2D eigenvalue weighted by Crippen LogP contribution is -2.38. The summed E-state index contributed by atoms with van der Waals surface area (Å²) in [7, 11) is 0. The summed E-state index contributed by atoms with van der Waals surface area (Å²) in [5.41, 5.74) is 1.26. The molecule has 0 aromatic carbocycles. The van der Waals surface area contributed by atoms with Gasteiger partial charge in [0.1, 0.15) is 5.82 Å². The number of hydrogen-bond acceptors (Lipinski definition) is 3. The highest BCUT2D eigenvalue weighted by molar-refractivity contribution is 5.85. The molecule has 0 unspecified atom stereocenters. The highest BCUT2D eigenvalue weighted by atomic mass is 35.5. The van der Waals surface area contributed by atoms with Gasteiger partial charge in [-0.2, -0.15) is 0 Å². The highest BCUT2D eigenvalue weighted by Crippen LogP contribution is 2.10. The number of pyridine rings is 1. The molecule has 0 aliphatic carbocycles. The van der Waals surface area contributed by atoms with Gasteiger partial charge in [-0.25, -0.2) is 4.98 Å². The molecule has 84 valence electrons. The Labute approximate surface area is 97.1 Å². The van der Waals surface area contributed by atoms with Crippen molar-refractivity contribution < 1.29 is 0 Å². The van der Waals surface area contributed by atoms with Crippen molar-refractivity contribution in [2.45, 2.75) is 25.8 Å². The number of nitrogens with one attached hydrogen (secondary N) is 2.